The molecule has 2 rings (SSSR count). The molecule has 1 heterocycles. The van der Waals surface area contributed by atoms with Gasteiger partial charge in [0, 0.05) is 38.8 Å². The van der Waals surface area contributed by atoms with Crippen LogP contribution in [0.1, 0.15) is 46.0 Å². The molecule has 1 aliphatic heterocycles. The lowest BCUT2D eigenvalue weighted by Gasteiger charge is -2.41. The largest absolute Gasteiger partial charge is 0.317 e. The van der Waals surface area contributed by atoms with Gasteiger partial charge in [-0.05, 0) is 51.1 Å². The highest BCUT2D eigenvalue weighted by Gasteiger charge is 2.30. The van der Waals surface area contributed by atoms with Gasteiger partial charge in [-0.1, -0.05) is 20.3 Å². The van der Waals surface area contributed by atoms with E-state index >= 15 is 0 Å². The van der Waals surface area contributed by atoms with E-state index in [1.54, 1.807) is 0 Å². The number of piperazine rings is 1. The molecule has 0 amide bonds. The fourth-order valence-electron chi connectivity index (χ4n) is 4.16. The van der Waals surface area contributed by atoms with E-state index in [2.05, 4.69) is 36.0 Å². The van der Waals surface area contributed by atoms with E-state index in [9.17, 15) is 0 Å². The van der Waals surface area contributed by atoms with Gasteiger partial charge in [0.15, 0.2) is 0 Å². The Kier molecular flexibility index (Phi) is 6.79. The minimum Gasteiger partial charge on any atom is -0.317 e. The number of hydrogen-bond donors (Lipinski definition) is 1. The van der Waals surface area contributed by atoms with Crippen molar-refractivity contribution in [3.8, 4) is 0 Å². The van der Waals surface area contributed by atoms with Crippen LogP contribution in [0.3, 0.4) is 0 Å². The first-order valence-electron chi connectivity index (χ1n) is 8.88. The van der Waals surface area contributed by atoms with Crippen LogP contribution in [0.5, 0.6) is 0 Å². The topological polar surface area (TPSA) is 18.5 Å². The molecule has 1 aliphatic carbocycles. The first-order valence-corrected chi connectivity index (χ1v) is 8.88. The lowest BCUT2D eigenvalue weighted by atomic mass is 9.76. The van der Waals surface area contributed by atoms with Crippen molar-refractivity contribution in [2.45, 2.75) is 52.0 Å². The van der Waals surface area contributed by atoms with Crippen LogP contribution in [0.4, 0.5) is 0 Å². The molecule has 2 aliphatic rings. The summed E-state index contributed by atoms with van der Waals surface area (Å²) in [6.45, 7) is 12.4. The maximum Gasteiger partial charge on any atom is 0.0110 e. The second-order valence-corrected chi connectivity index (χ2v) is 6.88. The monoisotopic (exact) mass is 281 g/mol. The molecule has 0 aromatic heterocycles. The van der Waals surface area contributed by atoms with E-state index in [1.807, 2.05) is 0 Å². The van der Waals surface area contributed by atoms with Gasteiger partial charge in [0.25, 0.3) is 0 Å². The van der Waals surface area contributed by atoms with Crippen LogP contribution in [0, 0.1) is 11.8 Å². The van der Waals surface area contributed by atoms with E-state index in [0.29, 0.717) is 0 Å². The van der Waals surface area contributed by atoms with Crippen LogP contribution in [0.25, 0.3) is 0 Å². The third kappa shape index (κ3) is 4.44. The molecular weight excluding hydrogens is 246 g/mol. The normalized spacial score (nSPS) is 33.5. The van der Waals surface area contributed by atoms with Gasteiger partial charge < -0.3 is 15.1 Å². The van der Waals surface area contributed by atoms with Crippen LogP contribution in [-0.4, -0.2) is 62.2 Å². The van der Waals surface area contributed by atoms with Gasteiger partial charge in [-0.15, -0.1) is 0 Å². The van der Waals surface area contributed by atoms with E-state index in [1.165, 1.54) is 71.4 Å². The predicted molar refractivity (Wildman–Crippen MR) is 87.1 cm³/mol. The first kappa shape index (κ1) is 16.3. The molecule has 1 saturated heterocycles. The summed E-state index contributed by atoms with van der Waals surface area (Å²) < 4.78 is 0. The fourth-order valence-corrected chi connectivity index (χ4v) is 4.16. The Bertz CT molecular complexity index is 261. The van der Waals surface area contributed by atoms with E-state index in [4.69, 9.17) is 0 Å². The average Bonchev–Trinajstić information content (AvgIpc) is 2.49. The van der Waals surface area contributed by atoms with Crippen molar-refractivity contribution < 1.29 is 0 Å². The molecule has 2 fully saturated rings. The zero-order chi connectivity index (χ0) is 14.4. The molecule has 3 nitrogen and oxygen atoms in total. The Morgan fingerprint density at radius 3 is 2.30 bits per heavy atom. The number of nitrogens with zero attached hydrogens (tertiary/aromatic N) is 2. The van der Waals surface area contributed by atoms with Gasteiger partial charge >= 0.3 is 0 Å². The summed E-state index contributed by atoms with van der Waals surface area (Å²) in [5.74, 6) is 1.85. The Hall–Kier alpha value is -0.120. The van der Waals surface area contributed by atoms with Crippen molar-refractivity contribution in [1.29, 1.82) is 0 Å². The summed E-state index contributed by atoms with van der Waals surface area (Å²) in [6, 6.07) is 0.756. The van der Waals surface area contributed by atoms with E-state index < -0.39 is 0 Å². The molecular formula is C17H35N3. The van der Waals surface area contributed by atoms with E-state index in [0.717, 1.165) is 17.9 Å². The molecule has 0 aromatic carbocycles. The van der Waals surface area contributed by atoms with Gasteiger partial charge in [0.2, 0.25) is 0 Å². The maximum absolute atomic E-state index is 3.58. The zero-order valence-electron chi connectivity index (χ0n) is 13.9. The van der Waals surface area contributed by atoms with Gasteiger partial charge in [-0.25, -0.2) is 0 Å². The Labute approximate surface area is 126 Å². The maximum atomic E-state index is 3.58. The summed E-state index contributed by atoms with van der Waals surface area (Å²) >= 11 is 0. The third-order valence-electron chi connectivity index (χ3n) is 5.54. The summed E-state index contributed by atoms with van der Waals surface area (Å²) in [5.41, 5.74) is 0. The van der Waals surface area contributed by atoms with Gasteiger partial charge in [0.05, 0.1) is 0 Å². The molecule has 0 spiro atoms. The fraction of sp³-hybridized carbons (Fsp3) is 1.00. The van der Waals surface area contributed by atoms with Crippen molar-refractivity contribution in [3.63, 3.8) is 0 Å². The predicted octanol–water partition coefficient (Wildman–Crippen LogP) is 2.43. The van der Waals surface area contributed by atoms with Crippen molar-refractivity contribution in [2.24, 2.45) is 11.8 Å². The number of hydrogen-bond acceptors (Lipinski definition) is 3. The Morgan fingerprint density at radius 1 is 1.00 bits per heavy atom. The summed E-state index contributed by atoms with van der Waals surface area (Å²) in [5, 5.41) is 3.58. The van der Waals surface area contributed by atoms with Gasteiger partial charge in [-0.3, -0.25) is 0 Å². The van der Waals surface area contributed by atoms with Crippen LogP contribution in [0.15, 0.2) is 0 Å². The lowest BCUT2D eigenvalue weighted by molar-refractivity contribution is 0.0898. The molecule has 3 heteroatoms. The minimum atomic E-state index is 0.756. The second-order valence-electron chi connectivity index (χ2n) is 6.88. The molecule has 0 bridgehead atoms. The van der Waals surface area contributed by atoms with E-state index in [-0.39, 0.29) is 0 Å². The Morgan fingerprint density at radius 2 is 1.70 bits per heavy atom. The van der Waals surface area contributed by atoms with Crippen molar-refractivity contribution in [2.75, 3.05) is 46.3 Å². The summed E-state index contributed by atoms with van der Waals surface area (Å²) in [6.07, 6.45) is 6.93. The molecule has 1 N–H and O–H groups in total. The van der Waals surface area contributed by atoms with Crippen molar-refractivity contribution in [1.82, 2.24) is 15.1 Å². The molecule has 3 unspecified atom stereocenters. The first-order chi connectivity index (χ1) is 9.76. The molecule has 0 aromatic rings. The molecule has 118 valence electrons. The quantitative estimate of drug-likeness (QED) is 0.807. The summed E-state index contributed by atoms with van der Waals surface area (Å²) in [7, 11) is 2.16. The highest BCUT2D eigenvalue weighted by molar-refractivity contribution is 4.86. The number of rotatable bonds is 6. The van der Waals surface area contributed by atoms with Gasteiger partial charge in [0.1, 0.15) is 0 Å². The molecule has 3 atom stereocenters. The second kappa shape index (κ2) is 8.35. The third-order valence-corrected chi connectivity index (χ3v) is 5.54. The Balaban J connectivity index is 1.79. The smallest absolute Gasteiger partial charge is 0.0110 e. The standard InChI is InChI=1S/C17H35N3/c1-4-8-19-9-11-20(12-10-19)14-16-13-15(5-2)6-7-17(16)18-3/h15-18H,4-14H2,1-3H3. The van der Waals surface area contributed by atoms with Gasteiger partial charge in [-0.2, -0.15) is 0 Å². The average molecular weight is 281 g/mol. The molecule has 0 radical (unpaired) electrons. The zero-order valence-corrected chi connectivity index (χ0v) is 13.9. The van der Waals surface area contributed by atoms with Crippen molar-refractivity contribution >= 4 is 0 Å². The molecule has 1 saturated carbocycles. The van der Waals surface area contributed by atoms with Crippen LogP contribution < -0.4 is 5.32 Å². The molecule has 20 heavy (non-hydrogen) atoms. The SMILES string of the molecule is CCCN1CCN(CC2CC(CC)CCC2NC)CC1. The minimum absolute atomic E-state index is 0.756. The lowest BCUT2D eigenvalue weighted by Crippen LogP contribution is -2.51. The highest BCUT2D eigenvalue weighted by Crippen LogP contribution is 2.32. The highest BCUT2D eigenvalue weighted by atomic mass is 15.3. The number of nitrogens with one attached hydrogen (secondary N) is 1. The summed E-state index contributed by atoms with van der Waals surface area (Å²) in [4.78, 5) is 5.35. The van der Waals surface area contributed by atoms with Crippen LogP contribution >= 0.6 is 0 Å². The van der Waals surface area contributed by atoms with Crippen LogP contribution in [-0.2, 0) is 0 Å². The van der Waals surface area contributed by atoms with Crippen LogP contribution in [0.2, 0.25) is 0 Å². The van der Waals surface area contributed by atoms with Crippen molar-refractivity contribution in [3.05, 3.63) is 0 Å².